The quantitative estimate of drug-likeness (QED) is 0.656. The highest BCUT2D eigenvalue weighted by molar-refractivity contribution is 6.16. The Morgan fingerprint density at radius 3 is 2.46 bits per heavy atom. The fourth-order valence-electron chi connectivity index (χ4n) is 3.85. The molecule has 3 heterocycles. The van der Waals surface area contributed by atoms with Gasteiger partial charge in [-0.25, -0.2) is 0 Å². The van der Waals surface area contributed by atoms with Gasteiger partial charge >= 0.3 is 0 Å². The van der Waals surface area contributed by atoms with E-state index in [1.165, 1.54) is 0 Å². The van der Waals surface area contributed by atoms with Gasteiger partial charge in [0.15, 0.2) is 17.3 Å². The average molecular weight is 375 g/mol. The van der Waals surface area contributed by atoms with Crippen LogP contribution in [-0.4, -0.2) is 55.7 Å². The first kappa shape index (κ1) is 17.0. The predicted molar refractivity (Wildman–Crippen MR) is 107 cm³/mol. The first-order chi connectivity index (χ1) is 13.7. The lowest BCUT2D eigenvalue weighted by Gasteiger charge is -2.35. The van der Waals surface area contributed by atoms with Crippen molar-refractivity contribution in [2.24, 2.45) is 0 Å². The normalized spacial score (nSPS) is 16.5. The molecule has 0 amide bonds. The molecule has 0 N–H and O–H groups in total. The molecular weight excluding hydrogens is 354 g/mol. The molecule has 2 aliphatic rings. The number of piperazine rings is 1. The van der Waals surface area contributed by atoms with Gasteiger partial charge in [0, 0.05) is 49.4 Å². The van der Waals surface area contributed by atoms with Crippen LogP contribution in [-0.2, 0) is 0 Å². The molecule has 3 aromatic rings. The molecule has 1 aromatic heterocycles. The number of rotatable bonds is 3. The van der Waals surface area contributed by atoms with Gasteiger partial charge in [0.05, 0.1) is 16.8 Å². The molecule has 0 atom stereocenters. The van der Waals surface area contributed by atoms with Crippen LogP contribution in [0, 0.1) is 0 Å². The fraction of sp³-hybridized carbons (Fsp3) is 0.273. The zero-order chi connectivity index (χ0) is 19.1. The Morgan fingerprint density at radius 2 is 1.71 bits per heavy atom. The Labute approximate surface area is 163 Å². The summed E-state index contributed by atoms with van der Waals surface area (Å²) >= 11 is 0. The van der Waals surface area contributed by atoms with Crippen LogP contribution in [0.4, 0.5) is 5.69 Å². The largest absolute Gasteiger partial charge is 0.454 e. The SMILES string of the molecule is CN1CCN(c2c(C(=O)c3ccccc3)cnc3cc4c(cc23)OCO4)CC1. The van der Waals surface area contributed by atoms with E-state index in [-0.39, 0.29) is 12.6 Å². The number of hydrogen-bond donors (Lipinski definition) is 0. The monoisotopic (exact) mass is 375 g/mol. The van der Waals surface area contributed by atoms with Crippen LogP contribution in [0.1, 0.15) is 15.9 Å². The van der Waals surface area contributed by atoms with E-state index in [0.29, 0.717) is 22.6 Å². The summed E-state index contributed by atoms with van der Waals surface area (Å²) in [5, 5.41) is 0.926. The van der Waals surface area contributed by atoms with Crippen molar-refractivity contribution < 1.29 is 14.3 Å². The zero-order valence-corrected chi connectivity index (χ0v) is 15.7. The van der Waals surface area contributed by atoms with Crippen molar-refractivity contribution in [3.63, 3.8) is 0 Å². The number of anilines is 1. The Bertz CT molecular complexity index is 1040. The van der Waals surface area contributed by atoms with Gasteiger partial charge in [0.2, 0.25) is 6.79 Å². The van der Waals surface area contributed by atoms with E-state index in [2.05, 4.69) is 21.8 Å². The number of aromatic nitrogens is 1. The number of benzene rings is 2. The average Bonchev–Trinajstić information content (AvgIpc) is 3.19. The molecule has 6 heteroatoms. The molecule has 0 bridgehead atoms. The van der Waals surface area contributed by atoms with Crippen molar-refractivity contribution >= 4 is 22.4 Å². The minimum absolute atomic E-state index is 0.0124. The minimum Gasteiger partial charge on any atom is -0.454 e. The van der Waals surface area contributed by atoms with Crippen molar-refractivity contribution in [2.45, 2.75) is 0 Å². The number of fused-ring (bicyclic) bond motifs is 2. The molecule has 5 rings (SSSR count). The second kappa shape index (κ2) is 6.80. The van der Waals surface area contributed by atoms with Crippen LogP contribution in [0.25, 0.3) is 10.9 Å². The molecule has 142 valence electrons. The number of carbonyl (C=O) groups excluding carboxylic acids is 1. The summed E-state index contributed by atoms with van der Waals surface area (Å²) in [5.74, 6) is 1.39. The van der Waals surface area contributed by atoms with Crippen molar-refractivity contribution in [3.05, 3.63) is 59.8 Å². The van der Waals surface area contributed by atoms with Gasteiger partial charge in [0.1, 0.15) is 0 Å². The Kier molecular flexibility index (Phi) is 4.13. The number of nitrogens with zero attached hydrogens (tertiary/aromatic N) is 3. The van der Waals surface area contributed by atoms with Crippen LogP contribution in [0.2, 0.25) is 0 Å². The maximum absolute atomic E-state index is 13.3. The van der Waals surface area contributed by atoms with E-state index in [9.17, 15) is 4.79 Å². The van der Waals surface area contributed by atoms with E-state index >= 15 is 0 Å². The highest BCUT2D eigenvalue weighted by Gasteiger charge is 2.26. The number of ether oxygens (including phenoxy) is 2. The molecule has 2 aliphatic heterocycles. The zero-order valence-electron chi connectivity index (χ0n) is 15.7. The smallest absolute Gasteiger partial charge is 0.231 e. The van der Waals surface area contributed by atoms with E-state index < -0.39 is 0 Å². The number of carbonyl (C=O) groups is 1. The highest BCUT2D eigenvalue weighted by atomic mass is 16.7. The first-order valence-electron chi connectivity index (χ1n) is 9.46. The summed E-state index contributed by atoms with van der Waals surface area (Å²) in [6.45, 7) is 3.84. The lowest BCUT2D eigenvalue weighted by Crippen LogP contribution is -2.45. The highest BCUT2D eigenvalue weighted by Crippen LogP contribution is 2.40. The number of ketones is 1. The van der Waals surface area contributed by atoms with Crippen LogP contribution in [0.3, 0.4) is 0 Å². The Morgan fingerprint density at radius 1 is 1.00 bits per heavy atom. The molecule has 1 saturated heterocycles. The Balaban J connectivity index is 1.69. The van der Waals surface area contributed by atoms with Crippen molar-refractivity contribution in [1.29, 1.82) is 0 Å². The third-order valence-corrected chi connectivity index (χ3v) is 5.43. The van der Waals surface area contributed by atoms with Crippen molar-refractivity contribution in [3.8, 4) is 11.5 Å². The second-order valence-corrected chi connectivity index (χ2v) is 7.23. The molecule has 0 radical (unpaired) electrons. The lowest BCUT2D eigenvalue weighted by molar-refractivity contribution is 0.103. The summed E-state index contributed by atoms with van der Waals surface area (Å²) in [5.41, 5.74) is 3.04. The molecule has 0 aliphatic carbocycles. The minimum atomic E-state index is -0.0124. The molecule has 6 nitrogen and oxygen atoms in total. The van der Waals surface area contributed by atoms with E-state index in [1.807, 2.05) is 42.5 Å². The van der Waals surface area contributed by atoms with Crippen LogP contribution in [0.15, 0.2) is 48.7 Å². The lowest BCUT2D eigenvalue weighted by atomic mass is 9.99. The fourth-order valence-corrected chi connectivity index (χ4v) is 3.85. The summed E-state index contributed by atoms with van der Waals surface area (Å²) in [4.78, 5) is 22.5. The van der Waals surface area contributed by atoms with E-state index in [0.717, 1.165) is 42.8 Å². The van der Waals surface area contributed by atoms with Gasteiger partial charge in [-0.1, -0.05) is 30.3 Å². The van der Waals surface area contributed by atoms with Crippen molar-refractivity contribution in [1.82, 2.24) is 9.88 Å². The van der Waals surface area contributed by atoms with Crippen molar-refractivity contribution in [2.75, 3.05) is 44.9 Å². The van der Waals surface area contributed by atoms with Gasteiger partial charge in [-0.15, -0.1) is 0 Å². The molecule has 0 unspecified atom stereocenters. The molecule has 1 fully saturated rings. The van der Waals surface area contributed by atoms with Crippen LogP contribution < -0.4 is 14.4 Å². The Hall–Kier alpha value is -3.12. The number of hydrogen-bond acceptors (Lipinski definition) is 6. The predicted octanol–water partition coefficient (Wildman–Crippen LogP) is 2.95. The third kappa shape index (κ3) is 2.86. The maximum atomic E-state index is 13.3. The summed E-state index contributed by atoms with van der Waals surface area (Å²) in [6, 6.07) is 13.2. The standard InChI is InChI=1S/C22H21N3O3/c1-24-7-9-25(10-8-24)21-16-11-19-20(28-14-27-19)12-18(16)23-13-17(21)22(26)15-5-3-2-4-6-15/h2-6,11-13H,7-10,14H2,1H3. The molecule has 0 spiro atoms. The van der Waals surface area contributed by atoms with E-state index in [1.54, 1.807) is 6.20 Å². The van der Waals surface area contributed by atoms with Crippen LogP contribution in [0.5, 0.6) is 11.5 Å². The van der Waals surface area contributed by atoms with Crippen LogP contribution >= 0.6 is 0 Å². The summed E-state index contributed by atoms with van der Waals surface area (Å²) in [7, 11) is 2.12. The molecule has 2 aromatic carbocycles. The molecular formula is C22H21N3O3. The van der Waals surface area contributed by atoms with Gasteiger partial charge in [0.25, 0.3) is 0 Å². The topological polar surface area (TPSA) is 54.9 Å². The molecule has 0 saturated carbocycles. The van der Waals surface area contributed by atoms with Gasteiger partial charge < -0.3 is 19.3 Å². The third-order valence-electron chi connectivity index (χ3n) is 5.43. The summed E-state index contributed by atoms with van der Waals surface area (Å²) < 4.78 is 11.1. The van der Waals surface area contributed by atoms with Gasteiger partial charge in [-0.2, -0.15) is 0 Å². The first-order valence-corrected chi connectivity index (χ1v) is 9.46. The molecule has 28 heavy (non-hydrogen) atoms. The van der Waals surface area contributed by atoms with Gasteiger partial charge in [-0.05, 0) is 13.1 Å². The maximum Gasteiger partial charge on any atom is 0.231 e. The second-order valence-electron chi connectivity index (χ2n) is 7.23. The van der Waals surface area contributed by atoms with E-state index in [4.69, 9.17) is 9.47 Å². The number of pyridine rings is 1. The number of likely N-dealkylation sites (N-methyl/N-ethyl adjacent to an activating group) is 1. The van der Waals surface area contributed by atoms with Gasteiger partial charge in [-0.3, -0.25) is 9.78 Å². The summed E-state index contributed by atoms with van der Waals surface area (Å²) in [6.07, 6.45) is 1.70.